The molecule has 4 N–H and O–H groups in total. The van der Waals surface area contributed by atoms with E-state index in [1.807, 2.05) is 0 Å². The topological polar surface area (TPSA) is 103 Å². The molecule has 154 valence electrons. The Morgan fingerprint density at radius 1 is 1.38 bits per heavy atom. The number of likely N-dealkylation sites (N-methyl/N-ethyl adjacent to an activating group) is 1. The van der Waals surface area contributed by atoms with Gasteiger partial charge in [-0.25, -0.2) is 0 Å². The van der Waals surface area contributed by atoms with Gasteiger partial charge in [0.2, 0.25) is 0 Å². The Balaban J connectivity index is 1.46. The number of nitrogens with zero attached hydrogens (tertiary/aromatic N) is 1. The SMILES string of the molecule is COc1cc2c(cc1CNCC(O)c1ccc(O)c3c1OCC(=O)N3)CCN2C. The van der Waals surface area contributed by atoms with E-state index in [1.165, 1.54) is 17.3 Å². The molecule has 2 heterocycles. The van der Waals surface area contributed by atoms with Gasteiger partial charge in [0, 0.05) is 49.6 Å². The minimum atomic E-state index is -0.870. The van der Waals surface area contributed by atoms with Crippen molar-refractivity contribution in [2.75, 3.05) is 44.1 Å². The van der Waals surface area contributed by atoms with Crippen LogP contribution in [0.15, 0.2) is 24.3 Å². The number of aliphatic hydroxyl groups is 1. The van der Waals surface area contributed by atoms with E-state index in [0.29, 0.717) is 17.9 Å². The van der Waals surface area contributed by atoms with E-state index in [2.05, 4.69) is 34.7 Å². The molecule has 0 bridgehead atoms. The van der Waals surface area contributed by atoms with Crippen molar-refractivity contribution in [1.82, 2.24) is 5.32 Å². The first-order chi connectivity index (χ1) is 14.0. The highest BCUT2D eigenvalue weighted by Gasteiger charge is 2.25. The van der Waals surface area contributed by atoms with Gasteiger partial charge in [0.1, 0.15) is 17.2 Å². The fourth-order valence-electron chi connectivity index (χ4n) is 3.85. The molecule has 8 heteroatoms. The Bertz CT molecular complexity index is 946. The largest absolute Gasteiger partial charge is 0.506 e. The number of hydrogen-bond acceptors (Lipinski definition) is 7. The predicted molar refractivity (Wildman–Crippen MR) is 109 cm³/mol. The summed E-state index contributed by atoms with van der Waals surface area (Å²) in [7, 11) is 3.73. The zero-order chi connectivity index (χ0) is 20.5. The van der Waals surface area contributed by atoms with Gasteiger partial charge in [0.05, 0.1) is 13.2 Å². The predicted octanol–water partition coefficient (Wildman–Crippen LogP) is 1.55. The van der Waals surface area contributed by atoms with Crippen LogP contribution in [-0.2, 0) is 17.8 Å². The second kappa shape index (κ2) is 7.81. The number of carbonyl (C=O) groups is 1. The molecule has 0 saturated heterocycles. The molecule has 2 aromatic rings. The molecule has 8 nitrogen and oxygen atoms in total. The van der Waals surface area contributed by atoms with Crippen LogP contribution in [0.25, 0.3) is 0 Å². The van der Waals surface area contributed by atoms with Crippen LogP contribution in [0, 0.1) is 0 Å². The van der Waals surface area contributed by atoms with Gasteiger partial charge in [0.25, 0.3) is 5.91 Å². The molecule has 0 radical (unpaired) electrons. The molecule has 0 saturated carbocycles. The van der Waals surface area contributed by atoms with Crippen LogP contribution >= 0.6 is 0 Å². The maximum Gasteiger partial charge on any atom is 0.262 e. The van der Waals surface area contributed by atoms with Gasteiger partial charge in [-0.3, -0.25) is 4.79 Å². The van der Waals surface area contributed by atoms with Crippen molar-refractivity contribution in [2.24, 2.45) is 0 Å². The number of methoxy groups -OCH3 is 1. The first-order valence-electron chi connectivity index (χ1n) is 9.56. The standard InChI is InChI=1S/C21H25N3O5/c1-24-6-5-12-7-13(18(28-2)8-15(12)24)9-22-10-17(26)14-3-4-16(25)20-21(14)29-11-19(27)23-20/h3-4,7-8,17,22,25-26H,5-6,9-11H2,1-2H3,(H,23,27). The van der Waals surface area contributed by atoms with E-state index in [1.54, 1.807) is 13.2 Å². The summed E-state index contributed by atoms with van der Waals surface area (Å²) in [4.78, 5) is 13.7. The highest BCUT2D eigenvalue weighted by Crippen LogP contribution is 2.41. The molecule has 2 aliphatic heterocycles. The summed E-state index contributed by atoms with van der Waals surface area (Å²) >= 11 is 0. The summed E-state index contributed by atoms with van der Waals surface area (Å²) in [6, 6.07) is 7.25. The fourth-order valence-corrected chi connectivity index (χ4v) is 3.85. The van der Waals surface area contributed by atoms with Crippen molar-refractivity contribution in [1.29, 1.82) is 0 Å². The summed E-state index contributed by atoms with van der Waals surface area (Å²) in [6.07, 6.45) is 0.139. The van der Waals surface area contributed by atoms with E-state index in [9.17, 15) is 15.0 Å². The Labute approximate surface area is 169 Å². The lowest BCUT2D eigenvalue weighted by Gasteiger charge is -2.24. The molecule has 4 rings (SSSR count). The molecule has 1 amide bonds. The number of anilines is 2. The number of phenolic OH excluding ortho intramolecular Hbond substituents is 1. The monoisotopic (exact) mass is 399 g/mol. The average molecular weight is 399 g/mol. The van der Waals surface area contributed by atoms with Crippen LogP contribution in [0.1, 0.15) is 22.8 Å². The molecule has 0 spiro atoms. The molecule has 0 fully saturated rings. The van der Waals surface area contributed by atoms with Crippen LogP contribution in [0.4, 0.5) is 11.4 Å². The molecular formula is C21H25N3O5. The molecular weight excluding hydrogens is 374 g/mol. The molecule has 2 aliphatic rings. The maximum atomic E-state index is 11.5. The molecule has 29 heavy (non-hydrogen) atoms. The lowest BCUT2D eigenvalue weighted by atomic mass is 10.0. The van der Waals surface area contributed by atoms with Crippen LogP contribution in [0.5, 0.6) is 17.2 Å². The number of phenols is 1. The van der Waals surface area contributed by atoms with Gasteiger partial charge in [-0.15, -0.1) is 0 Å². The van der Waals surface area contributed by atoms with Crippen molar-refractivity contribution < 1.29 is 24.5 Å². The summed E-state index contributed by atoms with van der Waals surface area (Å²) < 4.78 is 11.0. The normalized spacial score (nSPS) is 16.0. The molecule has 0 aliphatic carbocycles. The quantitative estimate of drug-likeness (QED) is 0.547. The first-order valence-corrected chi connectivity index (χ1v) is 9.56. The van der Waals surface area contributed by atoms with Gasteiger partial charge in [-0.05, 0) is 30.2 Å². The molecule has 2 aromatic carbocycles. The number of fused-ring (bicyclic) bond motifs is 2. The second-order valence-electron chi connectivity index (χ2n) is 7.33. The van der Waals surface area contributed by atoms with Crippen molar-refractivity contribution >= 4 is 17.3 Å². The number of hydrogen-bond donors (Lipinski definition) is 4. The minimum absolute atomic E-state index is 0.0928. The smallest absolute Gasteiger partial charge is 0.262 e. The summed E-state index contributed by atoms with van der Waals surface area (Å²) in [6.45, 7) is 1.66. The third-order valence-electron chi connectivity index (χ3n) is 5.40. The van der Waals surface area contributed by atoms with Gasteiger partial charge in [-0.2, -0.15) is 0 Å². The summed E-state index contributed by atoms with van der Waals surface area (Å²) in [5, 5.41) is 26.4. The number of carbonyl (C=O) groups excluding carboxylic acids is 1. The first kappa shape index (κ1) is 19.4. The minimum Gasteiger partial charge on any atom is -0.506 e. The van der Waals surface area contributed by atoms with E-state index in [0.717, 1.165) is 24.3 Å². The maximum absolute atomic E-state index is 11.5. The Morgan fingerprint density at radius 3 is 3.00 bits per heavy atom. The fraction of sp³-hybridized carbons (Fsp3) is 0.381. The van der Waals surface area contributed by atoms with Gasteiger partial charge < -0.3 is 35.2 Å². The summed E-state index contributed by atoms with van der Waals surface area (Å²) in [5.41, 5.74) is 4.22. The molecule has 1 unspecified atom stereocenters. The second-order valence-corrected chi connectivity index (χ2v) is 7.33. The number of amides is 1. The number of aliphatic hydroxyl groups excluding tert-OH is 1. The van der Waals surface area contributed by atoms with Crippen LogP contribution < -0.4 is 25.0 Å². The Hall–Kier alpha value is -2.97. The van der Waals surface area contributed by atoms with E-state index >= 15 is 0 Å². The molecule has 1 atom stereocenters. The zero-order valence-electron chi connectivity index (χ0n) is 16.5. The Morgan fingerprint density at radius 2 is 2.21 bits per heavy atom. The average Bonchev–Trinajstić information content (AvgIpc) is 3.07. The molecule has 0 aromatic heterocycles. The number of ether oxygens (including phenoxy) is 2. The van der Waals surface area contributed by atoms with E-state index in [-0.39, 0.29) is 30.5 Å². The van der Waals surface area contributed by atoms with E-state index in [4.69, 9.17) is 9.47 Å². The van der Waals surface area contributed by atoms with Crippen LogP contribution in [0.3, 0.4) is 0 Å². The number of benzene rings is 2. The van der Waals surface area contributed by atoms with Gasteiger partial charge >= 0.3 is 0 Å². The van der Waals surface area contributed by atoms with Crippen LogP contribution in [0.2, 0.25) is 0 Å². The number of aromatic hydroxyl groups is 1. The van der Waals surface area contributed by atoms with Gasteiger partial charge in [-0.1, -0.05) is 0 Å². The lowest BCUT2D eigenvalue weighted by Crippen LogP contribution is -2.28. The number of rotatable bonds is 6. The highest BCUT2D eigenvalue weighted by molar-refractivity contribution is 5.97. The summed E-state index contributed by atoms with van der Waals surface area (Å²) in [5.74, 6) is 0.682. The third kappa shape index (κ3) is 3.68. The van der Waals surface area contributed by atoms with Crippen LogP contribution in [-0.4, -0.2) is 50.0 Å². The van der Waals surface area contributed by atoms with Gasteiger partial charge in [0.15, 0.2) is 12.4 Å². The van der Waals surface area contributed by atoms with Crippen molar-refractivity contribution in [3.05, 3.63) is 41.0 Å². The van der Waals surface area contributed by atoms with Crippen molar-refractivity contribution in [2.45, 2.75) is 19.1 Å². The highest BCUT2D eigenvalue weighted by atomic mass is 16.5. The number of nitrogens with one attached hydrogen (secondary N) is 2. The lowest BCUT2D eigenvalue weighted by molar-refractivity contribution is -0.118. The van der Waals surface area contributed by atoms with Crippen molar-refractivity contribution in [3.63, 3.8) is 0 Å². The van der Waals surface area contributed by atoms with Crippen molar-refractivity contribution in [3.8, 4) is 17.2 Å². The Kier molecular flexibility index (Phi) is 5.21. The zero-order valence-corrected chi connectivity index (χ0v) is 16.5. The third-order valence-corrected chi connectivity index (χ3v) is 5.40. The van der Waals surface area contributed by atoms with E-state index < -0.39 is 6.10 Å².